The molecule has 0 fully saturated rings. The smallest absolute Gasteiger partial charge is 0.326 e. The summed E-state index contributed by atoms with van der Waals surface area (Å²) in [4.78, 5) is 67.4. The van der Waals surface area contributed by atoms with Gasteiger partial charge in [0.2, 0.25) is 23.6 Å². The number of rotatable bonds is 12. The van der Waals surface area contributed by atoms with Crippen LogP contribution in [0.25, 0.3) is 0 Å². The molecule has 4 amide bonds. The predicted octanol–water partition coefficient (Wildman–Crippen LogP) is -4.02. The van der Waals surface area contributed by atoms with Crippen LogP contribution in [0.3, 0.4) is 0 Å². The van der Waals surface area contributed by atoms with Gasteiger partial charge in [-0.3, -0.25) is 24.0 Å². The molecule has 0 unspecified atom stereocenters. The Balaban J connectivity index is 5.14. The van der Waals surface area contributed by atoms with E-state index >= 15 is 0 Å². The van der Waals surface area contributed by atoms with Crippen LogP contribution in [-0.4, -0.2) is 63.9 Å². The molecule has 0 aliphatic heterocycles. The highest BCUT2D eigenvalue weighted by Gasteiger charge is 2.29. The molecule has 0 rings (SSSR count). The van der Waals surface area contributed by atoms with E-state index in [9.17, 15) is 28.8 Å². The zero-order valence-corrected chi connectivity index (χ0v) is 13.6. The molecule has 0 aromatic rings. The second-order valence-electron chi connectivity index (χ2n) is 5.34. The van der Waals surface area contributed by atoms with Crippen molar-refractivity contribution in [2.75, 3.05) is 0 Å². The van der Waals surface area contributed by atoms with Gasteiger partial charge in [0.1, 0.15) is 12.1 Å². The Morgan fingerprint density at radius 1 is 0.808 bits per heavy atom. The second kappa shape index (κ2) is 10.6. The fourth-order valence-corrected chi connectivity index (χ4v) is 1.80. The number of hydrogen-bond acceptors (Lipinski definition) is 7. The van der Waals surface area contributed by atoms with Crippen LogP contribution in [0.5, 0.6) is 0 Å². The van der Waals surface area contributed by atoms with Crippen LogP contribution < -0.4 is 27.8 Å². The van der Waals surface area contributed by atoms with Crippen LogP contribution in [0.15, 0.2) is 0 Å². The Labute approximate surface area is 147 Å². The Morgan fingerprint density at radius 3 is 1.73 bits per heavy atom. The summed E-state index contributed by atoms with van der Waals surface area (Å²) < 4.78 is 0. The van der Waals surface area contributed by atoms with Crippen LogP contribution in [0.1, 0.15) is 25.7 Å². The third-order valence-electron chi connectivity index (χ3n) is 3.06. The first-order chi connectivity index (χ1) is 11.9. The lowest BCUT2D eigenvalue weighted by Gasteiger charge is -2.22. The number of aliphatic carboxylic acids is 2. The third-order valence-corrected chi connectivity index (χ3v) is 3.06. The first-order valence-corrected chi connectivity index (χ1v) is 7.31. The summed E-state index contributed by atoms with van der Waals surface area (Å²) in [6.07, 6.45) is -2.14. The standard InChI is InChI=1S/C13H21N5O8/c14-5(3-8(15)19)11(23)17-6(1-2-10(21)22)12(24)18-7(13(25)26)4-9(16)20/h5-7H,1-4,14H2,(H2,15,19)(H2,16,20)(H,17,23)(H,18,24)(H,21,22)(H,25,26)/t5-,6-,7-/m0/s1. The van der Waals surface area contributed by atoms with Crippen LogP contribution in [0.4, 0.5) is 0 Å². The zero-order valence-electron chi connectivity index (χ0n) is 13.6. The quantitative estimate of drug-likeness (QED) is 0.175. The highest BCUT2D eigenvalue weighted by molar-refractivity contribution is 5.94. The van der Waals surface area contributed by atoms with Crippen molar-refractivity contribution in [1.29, 1.82) is 0 Å². The first-order valence-electron chi connectivity index (χ1n) is 7.31. The maximum atomic E-state index is 12.2. The summed E-state index contributed by atoms with van der Waals surface area (Å²) >= 11 is 0. The van der Waals surface area contributed by atoms with E-state index in [0.29, 0.717) is 0 Å². The molecule has 13 heteroatoms. The number of carbonyl (C=O) groups excluding carboxylic acids is 4. The molecule has 26 heavy (non-hydrogen) atoms. The molecule has 13 nitrogen and oxygen atoms in total. The van der Waals surface area contributed by atoms with Gasteiger partial charge in [0, 0.05) is 6.42 Å². The number of nitrogens with two attached hydrogens (primary N) is 3. The van der Waals surface area contributed by atoms with Crippen molar-refractivity contribution in [3.05, 3.63) is 0 Å². The fraction of sp³-hybridized carbons (Fsp3) is 0.538. The van der Waals surface area contributed by atoms with Gasteiger partial charge < -0.3 is 38.0 Å². The molecule has 0 aromatic heterocycles. The van der Waals surface area contributed by atoms with Gasteiger partial charge in [-0.25, -0.2) is 4.79 Å². The van der Waals surface area contributed by atoms with E-state index in [1.165, 1.54) is 0 Å². The van der Waals surface area contributed by atoms with Crippen molar-refractivity contribution < 1.29 is 39.0 Å². The molecule has 0 spiro atoms. The highest BCUT2D eigenvalue weighted by Crippen LogP contribution is 2.02. The molecule has 0 saturated carbocycles. The van der Waals surface area contributed by atoms with Gasteiger partial charge in [-0.05, 0) is 6.42 Å². The van der Waals surface area contributed by atoms with E-state index in [-0.39, 0.29) is 6.42 Å². The Bertz CT molecular complexity index is 593. The van der Waals surface area contributed by atoms with Gasteiger partial charge >= 0.3 is 11.9 Å². The van der Waals surface area contributed by atoms with E-state index < -0.39 is 73.0 Å². The minimum absolute atomic E-state index is 0.390. The van der Waals surface area contributed by atoms with Crippen molar-refractivity contribution >= 4 is 35.6 Å². The van der Waals surface area contributed by atoms with E-state index in [4.69, 9.17) is 27.4 Å². The lowest BCUT2D eigenvalue weighted by Crippen LogP contribution is -2.55. The maximum Gasteiger partial charge on any atom is 0.326 e. The van der Waals surface area contributed by atoms with E-state index in [1.54, 1.807) is 0 Å². The van der Waals surface area contributed by atoms with Crippen LogP contribution in [0.2, 0.25) is 0 Å². The first kappa shape index (κ1) is 22.8. The van der Waals surface area contributed by atoms with Crippen molar-refractivity contribution in [2.45, 2.75) is 43.8 Å². The van der Waals surface area contributed by atoms with Crippen molar-refractivity contribution in [2.24, 2.45) is 17.2 Å². The van der Waals surface area contributed by atoms with Gasteiger partial charge in [0.15, 0.2) is 0 Å². The average Bonchev–Trinajstić information content (AvgIpc) is 2.48. The monoisotopic (exact) mass is 375 g/mol. The SMILES string of the molecule is NC(=O)C[C@H](NC(=O)[C@H](CCC(=O)O)NC(=O)[C@@H](N)CC(N)=O)C(=O)O. The second-order valence-corrected chi connectivity index (χ2v) is 5.34. The normalized spacial score (nSPS) is 13.7. The average molecular weight is 375 g/mol. The molecular formula is C13H21N5O8. The van der Waals surface area contributed by atoms with Crippen LogP contribution >= 0.6 is 0 Å². The Kier molecular flexibility index (Phi) is 9.29. The van der Waals surface area contributed by atoms with Gasteiger partial charge in [0.25, 0.3) is 0 Å². The van der Waals surface area contributed by atoms with Gasteiger partial charge in [-0.1, -0.05) is 0 Å². The molecule has 0 saturated heterocycles. The van der Waals surface area contributed by atoms with Gasteiger partial charge in [-0.2, -0.15) is 0 Å². The molecular weight excluding hydrogens is 354 g/mol. The third kappa shape index (κ3) is 9.17. The molecule has 3 atom stereocenters. The summed E-state index contributed by atoms with van der Waals surface area (Å²) in [7, 11) is 0. The molecule has 0 radical (unpaired) electrons. The minimum Gasteiger partial charge on any atom is -0.481 e. The minimum atomic E-state index is -1.66. The number of carboxylic acid groups (broad SMARTS) is 2. The van der Waals surface area contributed by atoms with Crippen molar-refractivity contribution in [3.8, 4) is 0 Å². The number of hydrogen-bond donors (Lipinski definition) is 7. The van der Waals surface area contributed by atoms with Gasteiger partial charge in [-0.15, -0.1) is 0 Å². The van der Waals surface area contributed by atoms with Crippen molar-refractivity contribution in [1.82, 2.24) is 10.6 Å². The molecule has 0 heterocycles. The van der Waals surface area contributed by atoms with Crippen LogP contribution in [-0.2, 0) is 28.8 Å². The lowest BCUT2D eigenvalue weighted by atomic mass is 10.1. The largest absolute Gasteiger partial charge is 0.481 e. The number of carboxylic acids is 2. The summed E-state index contributed by atoms with van der Waals surface area (Å²) in [6.45, 7) is 0. The fourth-order valence-electron chi connectivity index (χ4n) is 1.80. The maximum absolute atomic E-state index is 12.2. The molecule has 146 valence electrons. The summed E-state index contributed by atoms with van der Waals surface area (Å²) in [5.74, 6) is -6.70. The van der Waals surface area contributed by atoms with E-state index in [0.717, 1.165) is 0 Å². The zero-order chi connectivity index (χ0) is 20.4. The van der Waals surface area contributed by atoms with Gasteiger partial charge in [0.05, 0.1) is 18.9 Å². The molecule has 0 aromatic carbocycles. The summed E-state index contributed by atoms with van der Waals surface area (Å²) in [5.41, 5.74) is 15.2. The number of amides is 4. The highest BCUT2D eigenvalue weighted by atomic mass is 16.4. The summed E-state index contributed by atoms with van der Waals surface area (Å²) in [6, 6.07) is -4.51. The number of carbonyl (C=O) groups is 6. The van der Waals surface area contributed by atoms with Crippen LogP contribution in [0, 0.1) is 0 Å². The topological polar surface area (TPSA) is 245 Å². The summed E-state index contributed by atoms with van der Waals surface area (Å²) in [5, 5.41) is 21.8. The number of primary amides is 2. The molecule has 0 bridgehead atoms. The number of nitrogens with one attached hydrogen (secondary N) is 2. The van der Waals surface area contributed by atoms with E-state index in [1.807, 2.05) is 5.32 Å². The Morgan fingerprint density at radius 2 is 1.31 bits per heavy atom. The lowest BCUT2D eigenvalue weighted by molar-refractivity contribution is -0.144. The predicted molar refractivity (Wildman–Crippen MR) is 84.0 cm³/mol. The van der Waals surface area contributed by atoms with Crippen molar-refractivity contribution in [3.63, 3.8) is 0 Å². The Hall–Kier alpha value is -3.22. The molecule has 10 N–H and O–H groups in total. The molecule has 0 aliphatic carbocycles. The molecule has 0 aliphatic rings. The van der Waals surface area contributed by atoms with E-state index in [2.05, 4.69) is 5.32 Å².